The first-order valence-corrected chi connectivity index (χ1v) is 3.54. The van der Waals surface area contributed by atoms with E-state index in [2.05, 4.69) is 4.98 Å². The molecule has 0 unspecified atom stereocenters. The Bertz CT molecular complexity index is 417. The van der Waals surface area contributed by atoms with Crippen LogP contribution in [0.15, 0.2) is 6.20 Å². The SMILES string of the molecule is Cc1[nH+]cc([N+](=O)[O-])c(N)c1[N+](=O)[O-]. The van der Waals surface area contributed by atoms with E-state index in [0.717, 1.165) is 6.20 Å². The minimum Gasteiger partial charge on any atom is -0.387 e. The van der Waals surface area contributed by atoms with Crippen LogP contribution in [-0.4, -0.2) is 9.85 Å². The molecule has 1 aromatic heterocycles. The Labute approximate surface area is 77.7 Å². The van der Waals surface area contributed by atoms with E-state index in [1.165, 1.54) is 6.92 Å². The molecule has 1 heterocycles. The molecule has 0 aromatic carbocycles. The molecule has 0 radical (unpaired) electrons. The fourth-order valence-corrected chi connectivity index (χ4v) is 1.03. The largest absolute Gasteiger partial charge is 0.387 e. The summed E-state index contributed by atoms with van der Waals surface area (Å²) < 4.78 is 0. The number of hydrogen-bond donors (Lipinski definition) is 1. The van der Waals surface area contributed by atoms with Crippen LogP contribution in [0.2, 0.25) is 0 Å². The lowest BCUT2D eigenvalue weighted by Crippen LogP contribution is -2.14. The average Bonchev–Trinajstić information content (AvgIpc) is 2.02. The summed E-state index contributed by atoms with van der Waals surface area (Å²) in [5.41, 5.74) is 4.07. The summed E-state index contributed by atoms with van der Waals surface area (Å²) in [6, 6.07) is 0. The molecule has 1 aromatic rings. The molecule has 8 nitrogen and oxygen atoms in total. The van der Waals surface area contributed by atoms with Crippen LogP contribution in [0.4, 0.5) is 17.1 Å². The lowest BCUT2D eigenvalue weighted by molar-refractivity contribution is -0.443. The van der Waals surface area contributed by atoms with Crippen molar-refractivity contribution in [1.82, 2.24) is 0 Å². The fourth-order valence-electron chi connectivity index (χ4n) is 1.03. The number of hydrogen-bond acceptors (Lipinski definition) is 5. The number of pyridine rings is 1. The topological polar surface area (TPSA) is 126 Å². The van der Waals surface area contributed by atoms with Crippen LogP contribution in [-0.2, 0) is 0 Å². The van der Waals surface area contributed by atoms with Crippen molar-refractivity contribution in [3.8, 4) is 0 Å². The van der Waals surface area contributed by atoms with E-state index in [1.54, 1.807) is 0 Å². The fraction of sp³-hybridized carbons (Fsp3) is 0.167. The maximum absolute atomic E-state index is 10.5. The van der Waals surface area contributed by atoms with Crippen molar-refractivity contribution >= 4 is 17.1 Å². The third kappa shape index (κ3) is 1.44. The molecule has 0 fully saturated rings. The molecule has 0 bridgehead atoms. The van der Waals surface area contributed by atoms with Gasteiger partial charge in [0.05, 0.1) is 9.85 Å². The van der Waals surface area contributed by atoms with Gasteiger partial charge in [0.15, 0.2) is 0 Å². The lowest BCUT2D eigenvalue weighted by Gasteiger charge is -1.96. The maximum Gasteiger partial charge on any atom is 0.364 e. The first-order valence-electron chi connectivity index (χ1n) is 3.54. The van der Waals surface area contributed by atoms with Crippen molar-refractivity contribution in [2.45, 2.75) is 6.92 Å². The second-order valence-electron chi connectivity index (χ2n) is 2.58. The predicted octanol–water partition coefficient (Wildman–Crippen LogP) is 0.208. The Morgan fingerprint density at radius 2 is 1.93 bits per heavy atom. The Morgan fingerprint density at radius 3 is 2.36 bits per heavy atom. The Balaban J connectivity index is 3.49. The van der Waals surface area contributed by atoms with E-state index in [4.69, 9.17) is 5.73 Å². The zero-order valence-electron chi connectivity index (χ0n) is 7.18. The third-order valence-corrected chi connectivity index (χ3v) is 1.69. The van der Waals surface area contributed by atoms with Gasteiger partial charge in [0.1, 0.15) is 0 Å². The summed E-state index contributed by atoms with van der Waals surface area (Å²) >= 11 is 0. The Morgan fingerprint density at radius 1 is 1.36 bits per heavy atom. The van der Waals surface area contributed by atoms with Gasteiger partial charge >= 0.3 is 11.4 Å². The molecule has 0 saturated carbocycles. The highest BCUT2D eigenvalue weighted by atomic mass is 16.6. The van der Waals surface area contributed by atoms with Crippen LogP contribution in [0.1, 0.15) is 5.69 Å². The number of nitrogens with zero attached hydrogens (tertiary/aromatic N) is 2. The molecule has 0 amide bonds. The zero-order chi connectivity index (χ0) is 10.9. The van der Waals surface area contributed by atoms with Gasteiger partial charge < -0.3 is 5.73 Å². The molecular weight excluding hydrogens is 192 g/mol. The first-order chi connectivity index (χ1) is 6.45. The molecule has 14 heavy (non-hydrogen) atoms. The molecule has 0 aliphatic carbocycles. The van der Waals surface area contributed by atoms with Gasteiger partial charge in [-0.25, -0.2) is 4.98 Å². The number of nitro groups is 2. The molecule has 8 heteroatoms. The summed E-state index contributed by atoms with van der Waals surface area (Å²) in [7, 11) is 0. The number of H-pyrrole nitrogens is 1. The molecule has 3 N–H and O–H groups in total. The summed E-state index contributed by atoms with van der Waals surface area (Å²) in [6.07, 6.45) is 1.03. The molecule has 0 aliphatic rings. The van der Waals surface area contributed by atoms with Crippen molar-refractivity contribution < 1.29 is 14.8 Å². The van der Waals surface area contributed by atoms with Gasteiger partial charge in [0.2, 0.25) is 11.9 Å². The number of aryl methyl sites for hydroxylation is 1. The molecule has 74 valence electrons. The number of anilines is 1. The molecule has 0 atom stereocenters. The van der Waals surface area contributed by atoms with Gasteiger partial charge in [0.25, 0.3) is 5.69 Å². The van der Waals surface area contributed by atoms with Gasteiger partial charge in [-0.1, -0.05) is 0 Å². The van der Waals surface area contributed by atoms with Crippen molar-refractivity contribution in [3.05, 3.63) is 32.1 Å². The van der Waals surface area contributed by atoms with E-state index in [-0.39, 0.29) is 5.69 Å². The van der Waals surface area contributed by atoms with Crippen LogP contribution >= 0.6 is 0 Å². The van der Waals surface area contributed by atoms with Gasteiger partial charge in [-0.15, -0.1) is 0 Å². The van der Waals surface area contributed by atoms with E-state index in [0.29, 0.717) is 0 Å². The first kappa shape index (κ1) is 9.84. The van der Waals surface area contributed by atoms with Crippen LogP contribution in [0.25, 0.3) is 0 Å². The highest BCUT2D eigenvalue weighted by Gasteiger charge is 2.30. The molecule has 0 saturated heterocycles. The van der Waals surface area contributed by atoms with Gasteiger partial charge in [-0.2, -0.15) is 0 Å². The van der Waals surface area contributed by atoms with Crippen LogP contribution < -0.4 is 10.7 Å². The molecule has 0 spiro atoms. The summed E-state index contributed by atoms with van der Waals surface area (Å²) in [4.78, 5) is 21.8. The van der Waals surface area contributed by atoms with E-state index in [1.807, 2.05) is 0 Å². The normalized spacial score (nSPS) is 9.79. The van der Waals surface area contributed by atoms with Crippen LogP contribution in [0.3, 0.4) is 0 Å². The molecule has 0 aliphatic heterocycles. The van der Waals surface area contributed by atoms with E-state index in [9.17, 15) is 20.2 Å². The minimum absolute atomic E-state index is 0.179. The maximum atomic E-state index is 10.5. The predicted molar refractivity (Wildman–Crippen MR) is 45.5 cm³/mol. The van der Waals surface area contributed by atoms with E-state index < -0.39 is 26.9 Å². The highest BCUT2D eigenvalue weighted by Crippen LogP contribution is 2.30. The van der Waals surface area contributed by atoms with E-state index >= 15 is 0 Å². The van der Waals surface area contributed by atoms with Gasteiger partial charge in [0, 0.05) is 6.92 Å². The van der Waals surface area contributed by atoms with Crippen molar-refractivity contribution in [2.24, 2.45) is 0 Å². The van der Waals surface area contributed by atoms with Crippen LogP contribution in [0.5, 0.6) is 0 Å². The smallest absolute Gasteiger partial charge is 0.364 e. The lowest BCUT2D eigenvalue weighted by atomic mass is 10.2. The Kier molecular flexibility index (Phi) is 2.28. The summed E-state index contributed by atoms with van der Waals surface area (Å²) in [5, 5.41) is 20.9. The summed E-state index contributed by atoms with van der Waals surface area (Å²) in [5.74, 6) is 0. The third-order valence-electron chi connectivity index (χ3n) is 1.69. The number of nitrogens with two attached hydrogens (primary N) is 1. The number of nitrogens with one attached hydrogen (secondary N) is 1. The number of rotatable bonds is 2. The van der Waals surface area contributed by atoms with Crippen molar-refractivity contribution in [1.29, 1.82) is 0 Å². The number of aromatic nitrogens is 1. The quantitative estimate of drug-likeness (QED) is 0.537. The number of aromatic amines is 1. The second kappa shape index (κ2) is 3.24. The number of nitrogen functional groups attached to an aromatic ring is 1. The second-order valence-corrected chi connectivity index (χ2v) is 2.58. The van der Waals surface area contributed by atoms with Gasteiger partial charge in [-0.3, -0.25) is 20.2 Å². The zero-order valence-corrected chi connectivity index (χ0v) is 7.18. The summed E-state index contributed by atoms with van der Waals surface area (Å²) in [6.45, 7) is 1.41. The minimum atomic E-state index is -0.779. The molecular formula is C6H7N4O4+. The van der Waals surface area contributed by atoms with Gasteiger partial charge in [-0.05, 0) is 0 Å². The standard InChI is InChI=1S/C6H6N4O4/c1-3-6(10(13)14)5(7)4(2-8-3)9(11)12/h2H,1H3,(H2,7,8)/p+1. The highest BCUT2D eigenvalue weighted by molar-refractivity contribution is 5.69. The average molecular weight is 199 g/mol. The van der Waals surface area contributed by atoms with Crippen LogP contribution in [0, 0.1) is 27.2 Å². The monoisotopic (exact) mass is 199 g/mol. The van der Waals surface area contributed by atoms with Crippen molar-refractivity contribution in [2.75, 3.05) is 5.73 Å². The Hall–Kier alpha value is -2.25. The van der Waals surface area contributed by atoms with Crippen molar-refractivity contribution in [3.63, 3.8) is 0 Å². The molecule has 1 rings (SSSR count).